The molecule has 0 aromatic heterocycles. The number of hydrogen-bond acceptors (Lipinski definition) is 2. The van der Waals surface area contributed by atoms with Gasteiger partial charge in [-0.25, -0.2) is 0 Å². The topological polar surface area (TPSA) is 38.3 Å². The molecule has 1 fully saturated rings. The van der Waals surface area contributed by atoms with Crippen molar-refractivity contribution in [3.05, 3.63) is 60.7 Å². The Bertz CT molecular complexity index is 761. The highest BCUT2D eigenvalue weighted by molar-refractivity contribution is 6.99. The lowest BCUT2D eigenvalue weighted by molar-refractivity contribution is -0.124. The molecule has 1 saturated carbocycles. The molecule has 28 heavy (non-hydrogen) atoms. The van der Waals surface area contributed by atoms with Crippen molar-refractivity contribution in [1.29, 1.82) is 0 Å². The van der Waals surface area contributed by atoms with Crippen LogP contribution >= 0.6 is 0 Å². The maximum Gasteiger partial charge on any atom is 0.261 e. The summed E-state index contributed by atoms with van der Waals surface area (Å²) >= 11 is 0. The summed E-state index contributed by atoms with van der Waals surface area (Å²) in [6, 6.07) is 21.4. The number of hydrogen-bond donors (Lipinski definition) is 1. The predicted molar refractivity (Wildman–Crippen MR) is 119 cm³/mol. The second kappa shape index (κ2) is 7.84. The highest BCUT2D eigenvalue weighted by Gasteiger charge is 2.53. The van der Waals surface area contributed by atoms with Crippen LogP contribution in [0.3, 0.4) is 0 Å². The number of benzene rings is 2. The maximum atomic E-state index is 11.9. The van der Waals surface area contributed by atoms with Crippen molar-refractivity contribution >= 4 is 24.6 Å². The van der Waals surface area contributed by atoms with E-state index in [9.17, 15) is 4.79 Å². The standard InChI is InChI=1S/C24H33NO2Si/c1-19-16-17-24(19,25-20(2)26)18-27-28(23(3,4)5,21-12-8-6-9-13-21)22-14-10-7-11-15-22/h6-15,19H,16-18H2,1-5H3,(H,25,26)/t19-,24+/m1/s1. The molecule has 0 aliphatic heterocycles. The van der Waals surface area contributed by atoms with E-state index in [1.54, 1.807) is 6.92 Å². The molecular formula is C24H33NO2Si. The first-order valence-corrected chi connectivity index (χ1v) is 12.2. The summed E-state index contributed by atoms with van der Waals surface area (Å²) in [6.45, 7) is 11.2. The van der Waals surface area contributed by atoms with Gasteiger partial charge in [-0.3, -0.25) is 4.79 Å². The van der Waals surface area contributed by atoms with E-state index in [1.165, 1.54) is 10.4 Å². The fourth-order valence-electron chi connectivity index (χ4n) is 4.57. The van der Waals surface area contributed by atoms with Crippen LogP contribution in [-0.2, 0) is 9.22 Å². The van der Waals surface area contributed by atoms with E-state index in [2.05, 4.69) is 93.7 Å². The number of carbonyl (C=O) groups excluding carboxylic acids is 1. The maximum absolute atomic E-state index is 11.9. The van der Waals surface area contributed by atoms with Crippen molar-refractivity contribution in [2.24, 2.45) is 5.92 Å². The number of rotatable bonds is 6. The predicted octanol–water partition coefficient (Wildman–Crippen LogP) is 3.87. The molecule has 2 aromatic rings. The van der Waals surface area contributed by atoms with E-state index in [-0.39, 0.29) is 16.5 Å². The molecule has 4 heteroatoms. The molecule has 2 atom stereocenters. The summed E-state index contributed by atoms with van der Waals surface area (Å²) in [7, 11) is -2.57. The van der Waals surface area contributed by atoms with Crippen LogP contribution in [0.2, 0.25) is 5.04 Å². The van der Waals surface area contributed by atoms with E-state index in [0.29, 0.717) is 12.5 Å². The van der Waals surface area contributed by atoms with Gasteiger partial charge in [-0.1, -0.05) is 88.4 Å². The molecule has 0 radical (unpaired) electrons. The van der Waals surface area contributed by atoms with E-state index in [4.69, 9.17) is 4.43 Å². The Kier molecular flexibility index (Phi) is 5.83. The van der Waals surface area contributed by atoms with E-state index in [0.717, 1.165) is 12.8 Å². The zero-order valence-electron chi connectivity index (χ0n) is 17.8. The molecule has 3 nitrogen and oxygen atoms in total. The molecule has 0 saturated heterocycles. The van der Waals surface area contributed by atoms with Crippen LogP contribution in [0.15, 0.2) is 60.7 Å². The third kappa shape index (κ3) is 3.68. The molecule has 3 rings (SSSR count). The van der Waals surface area contributed by atoms with Crippen molar-refractivity contribution in [3.63, 3.8) is 0 Å². The van der Waals surface area contributed by atoms with E-state index >= 15 is 0 Å². The normalized spacial score (nSPS) is 22.4. The van der Waals surface area contributed by atoms with Gasteiger partial charge in [0.05, 0.1) is 12.1 Å². The lowest BCUT2D eigenvalue weighted by atomic mass is 9.68. The molecule has 1 amide bonds. The molecule has 0 unspecified atom stereocenters. The SMILES string of the molecule is CC(=O)N[C@]1(CO[Si](c2ccccc2)(c2ccccc2)C(C)(C)C)CC[C@H]1C. The second-order valence-electron chi connectivity index (χ2n) is 9.23. The zero-order valence-corrected chi connectivity index (χ0v) is 18.8. The van der Waals surface area contributed by atoms with Gasteiger partial charge in [-0.15, -0.1) is 0 Å². The fraction of sp³-hybridized carbons (Fsp3) is 0.458. The van der Waals surface area contributed by atoms with Crippen molar-refractivity contribution in [1.82, 2.24) is 5.32 Å². The van der Waals surface area contributed by atoms with Gasteiger partial charge < -0.3 is 9.74 Å². The van der Waals surface area contributed by atoms with Gasteiger partial charge in [0.25, 0.3) is 8.32 Å². The molecule has 1 aliphatic rings. The second-order valence-corrected chi connectivity index (χ2v) is 13.5. The average Bonchev–Trinajstić information content (AvgIpc) is 2.66. The monoisotopic (exact) mass is 395 g/mol. The lowest BCUT2D eigenvalue weighted by Gasteiger charge is -2.52. The van der Waals surface area contributed by atoms with Gasteiger partial charge >= 0.3 is 0 Å². The summed E-state index contributed by atoms with van der Waals surface area (Å²) in [5.74, 6) is 0.451. The first-order chi connectivity index (χ1) is 13.2. The highest BCUT2D eigenvalue weighted by atomic mass is 28.4. The Morgan fingerprint density at radius 2 is 1.57 bits per heavy atom. The third-order valence-electron chi connectivity index (χ3n) is 6.35. The van der Waals surface area contributed by atoms with Gasteiger partial charge in [0.2, 0.25) is 5.91 Å². The Morgan fingerprint density at radius 3 is 1.89 bits per heavy atom. The molecule has 150 valence electrons. The van der Waals surface area contributed by atoms with Gasteiger partial charge in [0, 0.05) is 6.92 Å². The van der Waals surface area contributed by atoms with Crippen LogP contribution in [0, 0.1) is 5.92 Å². The smallest absolute Gasteiger partial charge is 0.261 e. The van der Waals surface area contributed by atoms with Crippen LogP contribution in [-0.4, -0.2) is 26.4 Å². The van der Waals surface area contributed by atoms with Crippen molar-refractivity contribution < 1.29 is 9.22 Å². The number of carbonyl (C=O) groups is 1. The molecule has 0 spiro atoms. The van der Waals surface area contributed by atoms with Crippen LogP contribution in [0.5, 0.6) is 0 Å². The van der Waals surface area contributed by atoms with Crippen molar-refractivity contribution in [2.45, 2.75) is 58.0 Å². The van der Waals surface area contributed by atoms with Crippen molar-refractivity contribution in [3.8, 4) is 0 Å². The van der Waals surface area contributed by atoms with Crippen LogP contribution in [0.4, 0.5) is 0 Å². The minimum Gasteiger partial charge on any atom is -0.405 e. The van der Waals surface area contributed by atoms with Gasteiger partial charge in [-0.05, 0) is 34.2 Å². The highest BCUT2D eigenvalue weighted by Crippen LogP contribution is 2.42. The summed E-state index contributed by atoms with van der Waals surface area (Å²) in [6.07, 6.45) is 2.11. The molecule has 1 aliphatic carbocycles. The molecule has 1 N–H and O–H groups in total. The fourth-order valence-corrected chi connectivity index (χ4v) is 9.20. The van der Waals surface area contributed by atoms with Gasteiger partial charge in [0.15, 0.2) is 0 Å². The largest absolute Gasteiger partial charge is 0.405 e. The Balaban J connectivity index is 2.07. The lowest BCUT2D eigenvalue weighted by Crippen LogP contribution is -2.70. The average molecular weight is 396 g/mol. The van der Waals surface area contributed by atoms with Crippen LogP contribution < -0.4 is 15.7 Å². The molecule has 0 bridgehead atoms. The summed E-state index contributed by atoms with van der Waals surface area (Å²) in [5.41, 5.74) is -0.251. The zero-order chi connectivity index (χ0) is 20.4. The molecule has 2 aromatic carbocycles. The third-order valence-corrected chi connectivity index (χ3v) is 11.3. The summed E-state index contributed by atoms with van der Waals surface area (Å²) in [4.78, 5) is 11.9. The Hall–Kier alpha value is -1.91. The number of amides is 1. The minimum absolute atomic E-state index is 0.0256. The molecular weight excluding hydrogens is 362 g/mol. The quantitative estimate of drug-likeness (QED) is 0.754. The van der Waals surface area contributed by atoms with Crippen LogP contribution in [0.1, 0.15) is 47.5 Å². The van der Waals surface area contributed by atoms with Crippen LogP contribution in [0.25, 0.3) is 0 Å². The Morgan fingerprint density at radius 1 is 1.07 bits per heavy atom. The van der Waals surface area contributed by atoms with Gasteiger partial charge in [-0.2, -0.15) is 0 Å². The van der Waals surface area contributed by atoms with E-state index in [1.807, 2.05) is 0 Å². The summed E-state index contributed by atoms with van der Waals surface area (Å²) in [5, 5.41) is 5.73. The first kappa shape index (κ1) is 20.8. The van der Waals surface area contributed by atoms with E-state index < -0.39 is 8.32 Å². The minimum atomic E-state index is -2.57. The first-order valence-electron chi connectivity index (χ1n) is 10.2. The molecule has 0 heterocycles. The Labute approximate surface area is 170 Å². The summed E-state index contributed by atoms with van der Waals surface area (Å²) < 4.78 is 7.07. The number of nitrogens with one attached hydrogen (secondary N) is 1. The van der Waals surface area contributed by atoms with Gasteiger partial charge in [0.1, 0.15) is 0 Å². The van der Waals surface area contributed by atoms with Crippen molar-refractivity contribution in [2.75, 3.05) is 6.61 Å².